The molecule has 0 aliphatic heterocycles. The van der Waals surface area contributed by atoms with Crippen molar-refractivity contribution in [3.8, 4) is 0 Å². The first-order chi connectivity index (χ1) is 7.20. The second kappa shape index (κ2) is 6.08. The van der Waals surface area contributed by atoms with E-state index in [9.17, 15) is 0 Å². The lowest BCUT2D eigenvalue weighted by molar-refractivity contribution is 0.129. The highest BCUT2D eigenvalue weighted by Gasteiger charge is 2.28. The molecule has 15 heavy (non-hydrogen) atoms. The van der Waals surface area contributed by atoms with Gasteiger partial charge in [-0.1, -0.05) is 19.8 Å². The zero-order valence-corrected chi connectivity index (χ0v) is 9.58. The van der Waals surface area contributed by atoms with E-state index < -0.39 is 0 Å². The molecule has 1 unspecified atom stereocenters. The highest BCUT2D eigenvalue weighted by atomic mass is 16.3. The summed E-state index contributed by atoms with van der Waals surface area (Å²) in [6.45, 7) is 2.84. The van der Waals surface area contributed by atoms with Crippen molar-refractivity contribution in [3.05, 3.63) is 0 Å². The van der Waals surface area contributed by atoms with Gasteiger partial charge in [-0.2, -0.15) is 0 Å². The largest absolute Gasteiger partial charge is 0.395 e. The second-order valence-corrected chi connectivity index (χ2v) is 4.28. The smallest absolute Gasteiger partial charge is 0.108 e. The van der Waals surface area contributed by atoms with E-state index in [0.717, 1.165) is 6.42 Å². The minimum absolute atomic E-state index is 0.0141. The number of aliphatic hydroxyl groups is 1. The zero-order chi connectivity index (χ0) is 11.3. The number of amidine groups is 1. The molecule has 4 N–H and O–H groups in total. The van der Waals surface area contributed by atoms with Gasteiger partial charge in [-0.25, -0.2) is 0 Å². The quantitative estimate of drug-likeness (QED) is 0.454. The van der Waals surface area contributed by atoms with E-state index in [1.54, 1.807) is 0 Å². The van der Waals surface area contributed by atoms with E-state index in [0.29, 0.717) is 12.6 Å². The molecule has 0 aromatic rings. The van der Waals surface area contributed by atoms with Crippen LogP contribution in [0.5, 0.6) is 0 Å². The zero-order valence-electron chi connectivity index (χ0n) is 9.58. The molecule has 1 rings (SSSR count). The van der Waals surface area contributed by atoms with E-state index in [1.165, 1.54) is 25.7 Å². The van der Waals surface area contributed by atoms with Crippen molar-refractivity contribution in [3.63, 3.8) is 0 Å². The van der Waals surface area contributed by atoms with E-state index in [4.69, 9.17) is 16.2 Å². The molecule has 1 fully saturated rings. The van der Waals surface area contributed by atoms with Crippen molar-refractivity contribution in [1.82, 2.24) is 4.90 Å². The molecule has 4 nitrogen and oxygen atoms in total. The number of nitrogens with one attached hydrogen (secondary N) is 1. The molecule has 0 saturated heterocycles. The summed E-state index contributed by atoms with van der Waals surface area (Å²) in [7, 11) is 0. The van der Waals surface area contributed by atoms with E-state index >= 15 is 0 Å². The van der Waals surface area contributed by atoms with Crippen LogP contribution in [0.4, 0.5) is 0 Å². The van der Waals surface area contributed by atoms with Crippen LogP contribution in [0.3, 0.4) is 0 Å². The van der Waals surface area contributed by atoms with Crippen molar-refractivity contribution in [2.24, 2.45) is 5.73 Å². The number of hydrogen-bond acceptors (Lipinski definition) is 3. The Morgan fingerprint density at radius 3 is 2.53 bits per heavy atom. The molecule has 88 valence electrons. The van der Waals surface area contributed by atoms with Crippen LogP contribution in [0.15, 0.2) is 0 Å². The Labute approximate surface area is 92.0 Å². The standard InChI is InChI=1S/C11H23N3O/c1-2-10(11(12)13)14(7-8-15)9-5-3-4-6-9/h9-10,15H,2-8H2,1H3,(H3,12,13). The van der Waals surface area contributed by atoms with E-state index in [2.05, 4.69) is 4.90 Å². The molecule has 0 aromatic heterocycles. The van der Waals surface area contributed by atoms with Crippen LogP contribution >= 0.6 is 0 Å². The lowest BCUT2D eigenvalue weighted by atomic mass is 10.1. The average molecular weight is 213 g/mol. The predicted molar refractivity (Wildman–Crippen MR) is 62.0 cm³/mol. The molecule has 1 aliphatic rings. The second-order valence-electron chi connectivity index (χ2n) is 4.28. The summed E-state index contributed by atoms with van der Waals surface area (Å²) in [4.78, 5) is 2.22. The molecule has 1 aliphatic carbocycles. The van der Waals surface area contributed by atoms with E-state index in [1.807, 2.05) is 6.92 Å². The van der Waals surface area contributed by atoms with Gasteiger partial charge in [0.15, 0.2) is 0 Å². The first-order valence-electron chi connectivity index (χ1n) is 5.91. The van der Waals surface area contributed by atoms with Gasteiger partial charge in [0.2, 0.25) is 0 Å². The number of rotatable bonds is 6. The Kier molecular flexibility index (Phi) is 5.05. The fourth-order valence-corrected chi connectivity index (χ4v) is 2.58. The van der Waals surface area contributed by atoms with Gasteiger partial charge >= 0.3 is 0 Å². The van der Waals surface area contributed by atoms with Gasteiger partial charge in [0.25, 0.3) is 0 Å². The summed E-state index contributed by atoms with van der Waals surface area (Å²) in [6, 6.07) is 0.534. The molecule has 0 aromatic carbocycles. The summed E-state index contributed by atoms with van der Waals surface area (Å²) in [5.41, 5.74) is 5.61. The lowest BCUT2D eigenvalue weighted by Gasteiger charge is -2.34. The molecule has 4 heteroatoms. The molecule has 1 saturated carbocycles. The summed E-state index contributed by atoms with van der Waals surface area (Å²) in [5, 5.41) is 16.6. The third-order valence-corrected chi connectivity index (χ3v) is 3.30. The first kappa shape index (κ1) is 12.5. The maximum absolute atomic E-state index is 9.07. The molecular weight excluding hydrogens is 190 g/mol. The molecule has 0 amide bonds. The average Bonchev–Trinajstić information content (AvgIpc) is 2.69. The SMILES string of the molecule is CCC(C(=N)N)N(CCO)C1CCCC1. The number of nitrogens with zero attached hydrogens (tertiary/aromatic N) is 1. The monoisotopic (exact) mass is 213 g/mol. The van der Waals surface area contributed by atoms with Crippen molar-refractivity contribution >= 4 is 5.84 Å². The fraction of sp³-hybridized carbons (Fsp3) is 0.909. The Balaban J connectivity index is 2.65. The maximum atomic E-state index is 9.07. The van der Waals surface area contributed by atoms with Crippen LogP contribution in [0, 0.1) is 5.41 Å². The minimum atomic E-state index is 0.0141. The van der Waals surface area contributed by atoms with Crippen LogP contribution < -0.4 is 5.73 Å². The number of hydrogen-bond donors (Lipinski definition) is 3. The summed E-state index contributed by atoms with van der Waals surface area (Å²) < 4.78 is 0. The Morgan fingerprint density at radius 2 is 2.13 bits per heavy atom. The van der Waals surface area contributed by atoms with Gasteiger partial charge < -0.3 is 10.8 Å². The van der Waals surface area contributed by atoms with Gasteiger partial charge in [-0.3, -0.25) is 10.3 Å². The summed E-state index contributed by atoms with van der Waals surface area (Å²) >= 11 is 0. The molecule has 0 bridgehead atoms. The molecule has 0 heterocycles. The molecule has 1 atom stereocenters. The summed E-state index contributed by atoms with van der Waals surface area (Å²) in [6.07, 6.45) is 5.75. The Morgan fingerprint density at radius 1 is 1.53 bits per heavy atom. The van der Waals surface area contributed by atoms with Crippen LogP contribution in [-0.2, 0) is 0 Å². The third-order valence-electron chi connectivity index (χ3n) is 3.30. The maximum Gasteiger partial charge on any atom is 0.108 e. The van der Waals surface area contributed by atoms with Crippen LogP contribution in [0.2, 0.25) is 0 Å². The van der Waals surface area contributed by atoms with E-state index in [-0.39, 0.29) is 18.5 Å². The third kappa shape index (κ3) is 3.18. The van der Waals surface area contributed by atoms with Crippen molar-refractivity contribution in [2.45, 2.75) is 51.1 Å². The highest BCUT2D eigenvalue weighted by Crippen LogP contribution is 2.25. The minimum Gasteiger partial charge on any atom is -0.395 e. The Hall–Kier alpha value is -0.610. The first-order valence-corrected chi connectivity index (χ1v) is 5.91. The van der Waals surface area contributed by atoms with Crippen molar-refractivity contribution in [1.29, 1.82) is 5.41 Å². The van der Waals surface area contributed by atoms with Crippen LogP contribution in [0.1, 0.15) is 39.0 Å². The topological polar surface area (TPSA) is 73.3 Å². The molecule has 0 radical (unpaired) electrons. The van der Waals surface area contributed by atoms with Gasteiger partial charge in [0, 0.05) is 12.6 Å². The van der Waals surface area contributed by atoms with Crippen LogP contribution in [0.25, 0.3) is 0 Å². The van der Waals surface area contributed by atoms with Crippen molar-refractivity contribution < 1.29 is 5.11 Å². The number of nitrogens with two attached hydrogens (primary N) is 1. The molecular formula is C11H23N3O. The predicted octanol–water partition coefficient (Wildman–Crippen LogP) is 0.938. The fourth-order valence-electron chi connectivity index (χ4n) is 2.58. The Bertz CT molecular complexity index is 202. The number of aliphatic hydroxyl groups excluding tert-OH is 1. The van der Waals surface area contributed by atoms with Gasteiger partial charge in [0.05, 0.1) is 12.6 Å². The summed E-state index contributed by atoms with van der Waals surface area (Å²) in [5.74, 6) is 0.234. The van der Waals surface area contributed by atoms with Crippen LogP contribution in [-0.4, -0.2) is 41.1 Å². The van der Waals surface area contributed by atoms with Gasteiger partial charge in [0.1, 0.15) is 5.84 Å². The normalized spacial score (nSPS) is 19.7. The van der Waals surface area contributed by atoms with Gasteiger partial charge in [-0.15, -0.1) is 0 Å². The highest BCUT2D eigenvalue weighted by molar-refractivity contribution is 5.82. The molecule has 0 spiro atoms. The van der Waals surface area contributed by atoms with Crippen molar-refractivity contribution in [2.75, 3.05) is 13.2 Å². The van der Waals surface area contributed by atoms with Gasteiger partial charge in [-0.05, 0) is 19.3 Å². The lowest BCUT2D eigenvalue weighted by Crippen LogP contribution is -2.49.